The highest BCUT2D eigenvalue weighted by Gasteiger charge is 2.16. The lowest BCUT2D eigenvalue weighted by Crippen LogP contribution is -2.05. The summed E-state index contributed by atoms with van der Waals surface area (Å²) in [4.78, 5) is 11.2. The second-order valence-electron chi connectivity index (χ2n) is 3.35. The van der Waals surface area contributed by atoms with Crippen LogP contribution in [0.25, 0.3) is 0 Å². The maximum atomic E-state index is 12.5. The fraction of sp³-hybridized carbons (Fsp3) is 0.364. The van der Waals surface area contributed by atoms with Gasteiger partial charge in [-0.3, -0.25) is 0 Å². The maximum Gasteiger partial charge on any atom is 0.337 e. The average molecular weight is 250 g/mol. The van der Waals surface area contributed by atoms with Crippen LogP contribution in [0, 0.1) is 0 Å². The molecule has 1 aromatic carbocycles. The molecule has 0 unspecified atom stereocenters. The van der Waals surface area contributed by atoms with E-state index < -0.39 is 30.8 Å². The maximum absolute atomic E-state index is 12.5. The summed E-state index contributed by atoms with van der Waals surface area (Å²) in [6, 6.07) is 3.03. The largest absolute Gasteiger partial charge is 0.465 e. The van der Waals surface area contributed by atoms with Gasteiger partial charge >= 0.3 is 5.97 Å². The number of carbonyl (C=O) groups excluding carboxylic acids is 1. The van der Waals surface area contributed by atoms with Crippen LogP contribution in [-0.4, -0.2) is 19.5 Å². The number of carbonyl (C=O) groups is 1. The van der Waals surface area contributed by atoms with Gasteiger partial charge in [0.05, 0.1) is 12.7 Å². The van der Waals surface area contributed by atoms with Gasteiger partial charge in [0, 0.05) is 12.0 Å². The van der Waals surface area contributed by atoms with Gasteiger partial charge in [-0.2, -0.15) is 0 Å². The van der Waals surface area contributed by atoms with Crippen molar-refractivity contribution in [2.75, 3.05) is 7.11 Å². The second-order valence-corrected chi connectivity index (χ2v) is 3.35. The molecule has 0 N–H and O–H groups in total. The Morgan fingerprint density at radius 3 is 2.35 bits per heavy atom. The summed E-state index contributed by atoms with van der Waals surface area (Å²) in [5.41, 5.74) is -0.636. The number of ether oxygens (including phenoxy) is 1. The molecule has 0 aliphatic carbocycles. The van der Waals surface area contributed by atoms with Crippen molar-refractivity contribution in [3.8, 4) is 0 Å². The van der Waals surface area contributed by atoms with Crippen LogP contribution in [0.1, 0.15) is 27.9 Å². The third-order valence-electron chi connectivity index (χ3n) is 2.08. The number of esters is 1. The molecule has 0 fully saturated rings. The molecule has 0 atom stereocenters. The monoisotopic (exact) mass is 250 g/mol. The third kappa shape index (κ3) is 3.72. The van der Waals surface area contributed by atoms with Crippen molar-refractivity contribution in [2.45, 2.75) is 19.3 Å². The highest BCUT2D eigenvalue weighted by molar-refractivity contribution is 5.89. The van der Waals surface area contributed by atoms with Crippen LogP contribution in [-0.2, 0) is 11.2 Å². The van der Waals surface area contributed by atoms with Crippen LogP contribution in [0.2, 0.25) is 0 Å². The van der Waals surface area contributed by atoms with E-state index in [1.807, 2.05) is 0 Å². The molecule has 2 nitrogen and oxygen atoms in total. The summed E-state index contributed by atoms with van der Waals surface area (Å²) in [5, 5.41) is 0. The van der Waals surface area contributed by atoms with E-state index in [2.05, 4.69) is 4.74 Å². The number of alkyl halides is 4. The van der Waals surface area contributed by atoms with E-state index in [0.717, 1.165) is 25.3 Å². The lowest BCUT2D eigenvalue weighted by Gasteiger charge is -2.08. The summed E-state index contributed by atoms with van der Waals surface area (Å²) < 4.78 is 53.7. The van der Waals surface area contributed by atoms with E-state index in [4.69, 9.17) is 0 Å². The van der Waals surface area contributed by atoms with Crippen molar-refractivity contribution >= 4 is 5.97 Å². The Labute approximate surface area is 95.2 Å². The Bertz CT molecular complexity index is 404. The molecule has 0 aliphatic heterocycles. The highest BCUT2D eigenvalue weighted by atomic mass is 19.3. The number of methoxy groups -OCH3 is 1. The van der Waals surface area contributed by atoms with E-state index in [1.165, 1.54) is 0 Å². The molecule has 0 saturated carbocycles. The third-order valence-corrected chi connectivity index (χ3v) is 2.08. The molecule has 17 heavy (non-hydrogen) atoms. The number of rotatable bonds is 4. The summed E-state index contributed by atoms with van der Waals surface area (Å²) in [6.07, 6.45) is -6.16. The number of benzene rings is 1. The van der Waals surface area contributed by atoms with Gasteiger partial charge in [0.25, 0.3) is 6.43 Å². The zero-order valence-corrected chi connectivity index (χ0v) is 8.92. The first kappa shape index (κ1) is 13.5. The molecular formula is C11H10F4O2. The van der Waals surface area contributed by atoms with Crippen molar-refractivity contribution in [3.05, 3.63) is 34.9 Å². The molecule has 0 aromatic heterocycles. The smallest absolute Gasteiger partial charge is 0.337 e. The predicted octanol–water partition coefficient (Wildman–Crippen LogP) is 3.22. The van der Waals surface area contributed by atoms with Crippen LogP contribution in [0.4, 0.5) is 17.6 Å². The molecule has 1 rings (SSSR count). The van der Waals surface area contributed by atoms with Gasteiger partial charge in [-0.15, -0.1) is 0 Å². The highest BCUT2D eigenvalue weighted by Crippen LogP contribution is 2.23. The zero-order chi connectivity index (χ0) is 13.0. The van der Waals surface area contributed by atoms with Crippen LogP contribution in [0.3, 0.4) is 0 Å². The van der Waals surface area contributed by atoms with Crippen LogP contribution >= 0.6 is 0 Å². The summed E-state index contributed by atoms with van der Waals surface area (Å²) >= 11 is 0. The van der Waals surface area contributed by atoms with E-state index in [9.17, 15) is 22.4 Å². The molecule has 0 amide bonds. The fourth-order valence-electron chi connectivity index (χ4n) is 1.38. The topological polar surface area (TPSA) is 26.3 Å². The molecular weight excluding hydrogens is 240 g/mol. The normalized spacial score (nSPS) is 11.0. The quantitative estimate of drug-likeness (QED) is 0.605. The molecule has 0 aliphatic rings. The van der Waals surface area contributed by atoms with Gasteiger partial charge < -0.3 is 4.74 Å². The minimum Gasteiger partial charge on any atom is -0.465 e. The Morgan fingerprint density at radius 1 is 1.24 bits per heavy atom. The lowest BCUT2D eigenvalue weighted by molar-refractivity contribution is 0.0599. The standard InChI is InChI=1S/C11H10F4O2/c1-17-11(16)8-3-6(4-9(12)13)2-7(5-8)10(14)15/h2-3,5,9-10H,4H2,1H3. The first-order valence-electron chi connectivity index (χ1n) is 4.72. The van der Waals surface area contributed by atoms with Crippen molar-refractivity contribution in [3.63, 3.8) is 0 Å². The molecule has 1 aromatic rings. The predicted molar refractivity (Wildman–Crippen MR) is 52.4 cm³/mol. The zero-order valence-electron chi connectivity index (χ0n) is 8.92. The fourth-order valence-corrected chi connectivity index (χ4v) is 1.38. The van der Waals surface area contributed by atoms with Crippen molar-refractivity contribution < 1.29 is 27.1 Å². The van der Waals surface area contributed by atoms with Gasteiger partial charge in [-0.05, 0) is 23.8 Å². The van der Waals surface area contributed by atoms with E-state index in [-0.39, 0.29) is 11.1 Å². The van der Waals surface area contributed by atoms with Crippen LogP contribution < -0.4 is 0 Å². The van der Waals surface area contributed by atoms with Crippen molar-refractivity contribution in [2.24, 2.45) is 0 Å². The molecule has 6 heteroatoms. The van der Waals surface area contributed by atoms with E-state index >= 15 is 0 Å². The van der Waals surface area contributed by atoms with Gasteiger partial charge in [-0.25, -0.2) is 22.4 Å². The van der Waals surface area contributed by atoms with E-state index in [1.54, 1.807) is 0 Å². The first-order valence-corrected chi connectivity index (χ1v) is 4.72. The summed E-state index contributed by atoms with van der Waals surface area (Å²) in [6.45, 7) is 0. The molecule has 0 spiro atoms. The minimum atomic E-state index is -2.82. The van der Waals surface area contributed by atoms with Gasteiger partial charge in [0.15, 0.2) is 0 Å². The molecule has 0 heterocycles. The second kappa shape index (κ2) is 5.65. The first-order chi connectivity index (χ1) is 7.93. The van der Waals surface area contributed by atoms with Crippen molar-refractivity contribution in [1.29, 1.82) is 0 Å². The Hall–Kier alpha value is -1.59. The number of hydrogen-bond acceptors (Lipinski definition) is 2. The Morgan fingerprint density at radius 2 is 1.88 bits per heavy atom. The molecule has 0 saturated heterocycles. The minimum absolute atomic E-state index is 0.0156. The Balaban J connectivity index is 3.14. The average Bonchev–Trinajstić information content (AvgIpc) is 2.26. The molecule has 0 radical (unpaired) electrons. The Kier molecular flexibility index (Phi) is 4.48. The lowest BCUT2D eigenvalue weighted by atomic mass is 10.0. The van der Waals surface area contributed by atoms with Crippen LogP contribution in [0.5, 0.6) is 0 Å². The summed E-state index contributed by atoms with van der Waals surface area (Å²) in [5.74, 6) is -0.831. The molecule has 94 valence electrons. The van der Waals surface area contributed by atoms with E-state index in [0.29, 0.717) is 0 Å². The van der Waals surface area contributed by atoms with Gasteiger partial charge in [0.1, 0.15) is 0 Å². The van der Waals surface area contributed by atoms with Crippen molar-refractivity contribution in [1.82, 2.24) is 0 Å². The summed E-state index contributed by atoms with van der Waals surface area (Å²) in [7, 11) is 1.09. The van der Waals surface area contributed by atoms with Gasteiger partial charge in [0.2, 0.25) is 6.43 Å². The number of halogens is 4. The number of hydrogen-bond donors (Lipinski definition) is 0. The SMILES string of the molecule is COC(=O)c1cc(CC(F)F)cc(C(F)F)c1. The van der Waals surface area contributed by atoms with Gasteiger partial charge in [-0.1, -0.05) is 0 Å². The molecule has 0 bridgehead atoms. The van der Waals surface area contributed by atoms with Crippen LogP contribution in [0.15, 0.2) is 18.2 Å².